The Morgan fingerprint density at radius 2 is 2.00 bits per heavy atom. The van der Waals surface area contributed by atoms with E-state index in [0.29, 0.717) is 18.1 Å². The second kappa shape index (κ2) is 8.10. The van der Waals surface area contributed by atoms with Gasteiger partial charge < -0.3 is 20.4 Å². The van der Waals surface area contributed by atoms with E-state index in [0.717, 1.165) is 37.3 Å². The summed E-state index contributed by atoms with van der Waals surface area (Å²) >= 11 is 5.25. The summed E-state index contributed by atoms with van der Waals surface area (Å²) in [6.07, 6.45) is 1.62. The van der Waals surface area contributed by atoms with Gasteiger partial charge in [-0.3, -0.25) is 4.79 Å². The van der Waals surface area contributed by atoms with Gasteiger partial charge in [-0.25, -0.2) is 0 Å². The van der Waals surface area contributed by atoms with Crippen molar-refractivity contribution in [3.05, 3.63) is 29.8 Å². The number of carbonyl (C=O) groups is 1. The fourth-order valence-corrected chi connectivity index (χ4v) is 2.56. The number of quaternary nitrogens is 1. The van der Waals surface area contributed by atoms with Crippen LogP contribution in [0.3, 0.4) is 0 Å². The zero-order valence-corrected chi connectivity index (χ0v) is 14.1. The predicted octanol–water partition coefficient (Wildman–Crippen LogP) is -0.0780. The molecule has 0 spiro atoms. The Kier molecular flexibility index (Phi) is 6.15. The smallest absolute Gasteiger partial charge is 0.227 e. The summed E-state index contributed by atoms with van der Waals surface area (Å²) in [4.78, 5) is 15.0. The second-order valence-corrected chi connectivity index (χ2v) is 6.29. The van der Waals surface area contributed by atoms with Gasteiger partial charge in [0, 0.05) is 25.2 Å². The van der Waals surface area contributed by atoms with Crippen LogP contribution in [0.1, 0.15) is 18.4 Å². The lowest BCUT2D eigenvalue weighted by atomic mass is 10.2. The van der Waals surface area contributed by atoms with Gasteiger partial charge in [-0.2, -0.15) is 0 Å². The Morgan fingerprint density at radius 1 is 1.27 bits per heavy atom. The third-order valence-corrected chi connectivity index (χ3v) is 3.97. The van der Waals surface area contributed by atoms with Crippen LogP contribution in [0.15, 0.2) is 24.3 Å². The predicted molar refractivity (Wildman–Crippen MR) is 93.1 cm³/mol. The van der Waals surface area contributed by atoms with Crippen molar-refractivity contribution in [3.63, 3.8) is 0 Å². The molecule has 0 atom stereocenters. The molecule has 1 aliphatic heterocycles. The highest BCUT2D eigenvalue weighted by molar-refractivity contribution is 7.80. The van der Waals surface area contributed by atoms with E-state index in [1.165, 1.54) is 4.90 Å². The largest absolute Gasteiger partial charge is 0.359 e. The summed E-state index contributed by atoms with van der Waals surface area (Å²) < 4.78 is 0. The van der Waals surface area contributed by atoms with Crippen molar-refractivity contribution in [3.8, 4) is 0 Å². The molecule has 1 saturated heterocycles. The van der Waals surface area contributed by atoms with Gasteiger partial charge in [0.25, 0.3) is 0 Å². The highest BCUT2D eigenvalue weighted by Gasteiger charge is 2.21. The van der Waals surface area contributed by atoms with Gasteiger partial charge in [0.15, 0.2) is 5.11 Å². The molecule has 6 heteroatoms. The maximum atomic E-state index is 11.7. The van der Waals surface area contributed by atoms with Gasteiger partial charge >= 0.3 is 0 Å². The topological polar surface area (TPSA) is 48.8 Å². The van der Waals surface area contributed by atoms with Crippen LogP contribution in [0.5, 0.6) is 0 Å². The molecule has 0 unspecified atom stereocenters. The average Bonchev–Trinajstić information content (AvgIpc) is 2.91. The van der Waals surface area contributed by atoms with E-state index in [-0.39, 0.29) is 5.91 Å². The first-order valence-electron chi connectivity index (χ1n) is 7.76. The fraction of sp³-hybridized carbons (Fsp3) is 0.500. The third-order valence-electron chi connectivity index (χ3n) is 3.69. The van der Waals surface area contributed by atoms with Crippen molar-refractivity contribution in [2.24, 2.45) is 0 Å². The number of likely N-dealkylation sites (N-methyl/N-ethyl adjacent to an activating group) is 1. The molecule has 2 rings (SSSR count). The molecule has 0 saturated carbocycles. The van der Waals surface area contributed by atoms with Crippen LogP contribution in [0.25, 0.3) is 0 Å². The van der Waals surface area contributed by atoms with Gasteiger partial charge in [0.1, 0.15) is 0 Å². The second-order valence-electron chi connectivity index (χ2n) is 5.88. The number of hydrogen-bond donors (Lipinski definition) is 3. The van der Waals surface area contributed by atoms with Crippen LogP contribution in [-0.4, -0.2) is 44.7 Å². The highest BCUT2D eigenvalue weighted by atomic mass is 32.1. The van der Waals surface area contributed by atoms with Crippen molar-refractivity contribution in [1.29, 1.82) is 0 Å². The molecule has 1 aliphatic rings. The van der Waals surface area contributed by atoms with Crippen molar-refractivity contribution in [2.75, 3.05) is 38.6 Å². The molecule has 1 aromatic rings. The summed E-state index contributed by atoms with van der Waals surface area (Å²) in [7, 11) is 4.23. The van der Waals surface area contributed by atoms with E-state index in [9.17, 15) is 4.79 Å². The molecule has 120 valence electrons. The molecule has 0 aliphatic carbocycles. The van der Waals surface area contributed by atoms with Gasteiger partial charge in [-0.15, -0.1) is 0 Å². The molecule has 5 nitrogen and oxygen atoms in total. The van der Waals surface area contributed by atoms with Crippen molar-refractivity contribution < 1.29 is 9.69 Å². The number of hydrogen-bond acceptors (Lipinski definition) is 2. The number of nitrogens with zero attached hydrogens (tertiary/aromatic N) is 1. The molecule has 1 fully saturated rings. The Morgan fingerprint density at radius 3 is 2.59 bits per heavy atom. The van der Waals surface area contributed by atoms with E-state index < -0.39 is 0 Å². The maximum Gasteiger partial charge on any atom is 0.227 e. The van der Waals surface area contributed by atoms with Crippen LogP contribution in [0.2, 0.25) is 0 Å². The van der Waals surface area contributed by atoms with Crippen LogP contribution in [0.4, 0.5) is 5.69 Å². The van der Waals surface area contributed by atoms with Gasteiger partial charge in [0.2, 0.25) is 5.91 Å². The zero-order valence-electron chi connectivity index (χ0n) is 13.3. The minimum atomic E-state index is 0.222. The molecule has 0 bridgehead atoms. The van der Waals surface area contributed by atoms with Gasteiger partial charge in [0.05, 0.1) is 27.2 Å². The number of nitrogens with one attached hydrogen (secondary N) is 3. The number of amides is 1. The van der Waals surface area contributed by atoms with Gasteiger partial charge in [-0.1, -0.05) is 12.1 Å². The molecule has 1 aromatic carbocycles. The summed E-state index contributed by atoms with van der Waals surface area (Å²) in [5.41, 5.74) is 2.14. The minimum Gasteiger partial charge on any atom is -0.359 e. The van der Waals surface area contributed by atoms with E-state index >= 15 is 0 Å². The van der Waals surface area contributed by atoms with Gasteiger partial charge in [-0.05, 0) is 36.3 Å². The molecule has 1 amide bonds. The Hall–Kier alpha value is -1.66. The molecule has 1 heterocycles. The van der Waals surface area contributed by atoms with Crippen molar-refractivity contribution in [1.82, 2.24) is 10.6 Å². The summed E-state index contributed by atoms with van der Waals surface area (Å²) in [6, 6.07) is 8.10. The summed E-state index contributed by atoms with van der Waals surface area (Å²) in [5, 5.41) is 7.07. The maximum absolute atomic E-state index is 11.7. The standard InChI is InChI=1S/C16H24N4OS/c1-19(2)11-9-17-16(22)18-12-13-5-7-14(8-6-13)20-10-3-4-15(20)21/h5-8H,3-4,9-12H2,1-2H3,(H2,17,18,22)/p+1. The molecular formula is C16H25N4OS+. The molecule has 0 aromatic heterocycles. The first-order valence-corrected chi connectivity index (χ1v) is 8.17. The average molecular weight is 321 g/mol. The van der Waals surface area contributed by atoms with E-state index in [4.69, 9.17) is 12.2 Å². The lowest BCUT2D eigenvalue weighted by Gasteiger charge is -2.16. The first-order chi connectivity index (χ1) is 10.6. The summed E-state index contributed by atoms with van der Waals surface area (Å²) in [5.74, 6) is 0.222. The molecule has 22 heavy (non-hydrogen) atoms. The lowest BCUT2D eigenvalue weighted by molar-refractivity contribution is -0.856. The quantitative estimate of drug-likeness (QED) is 0.642. The Balaban J connectivity index is 1.76. The minimum absolute atomic E-state index is 0.222. The van der Waals surface area contributed by atoms with E-state index in [1.807, 2.05) is 29.2 Å². The lowest BCUT2D eigenvalue weighted by Crippen LogP contribution is -3.06. The fourth-order valence-electron chi connectivity index (χ4n) is 2.39. The van der Waals surface area contributed by atoms with Crippen LogP contribution in [-0.2, 0) is 11.3 Å². The molecular weight excluding hydrogens is 296 g/mol. The van der Waals surface area contributed by atoms with Crippen LogP contribution < -0.4 is 20.4 Å². The molecule has 3 N–H and O–H groups in total. The van der Waals surface area contributed by atoms with E-state index in [1.54, 1.807) is 0 Å². The Labute approximate surface area is 137 Å². The normalized spacial score (nSPS) is 14.5. The number of anilines is 1. The first kappa shape index (κ1) is 16.7. The number of thiocarbonyl (C=S) groups is 1. The summed E-state index contributed by atoms with van der Waals surface area (Å²) in [6.45, 7) is 3.41. The number of benzene rings is 1. The Bertz CT molecular complexity index is 515. The monoisotopic (exact) mass is 321 g/mol. The van der Waals surface area contributed by atoms with Crippen LogP contribution in [0, 0.1) is 0 Å². The number of rotatable bonds is 6. The number of carbonyl (C=O) groups excluding carboxylic acids is 1. The van der Waals surface area contributed by atoms with Crippen molar-refractivity contribution in [2.45, 2.75) is 19.4 Å². The van der Waals surface area contributed by atoms with Crippen molar-refractivity contribution >= 4 is 28.9 Å². The highest BCUT2D eigenvalue weighted by Crippen LogP contribution is 2.21. The zero-order chi connectivity index (χ0) is 15.9. The van der Waals surface area contributed by atoms with Crippen LogP contribution >= 0.6 is 12.2 Å². The molecule has 0 radical (unpaired) electrons. The van der Waals surface area contributed by atoms with E-state index in [2.05, 4.69) is 24.7 Å². The SMILES string of the molecule is C[NH+](C)CCNC(=S)NCc1ccc(N2CCCC2=O)cc1. The third kappa shape index (κ3) is 4.96.